The van der Waals surface area contributed by atoms with E-state index in [1.807, 2.05) is 0 Å². The number of nitrogens with zero attached hydrogens (tertiary/aromatic N) is 1. The Kier molecular flexibility index (Phi) is 4.01. The highest BCUT2D eigenvalue weighted by molar-refractivity contribution is 7.62. The predicted octanol–water partition coefficient (Wildman–Crippen LogP) is 1.45. The van der Waals surface area contributed by atoms with Crippen LogP contribution in [-0.4, -0.2) is 55.3 Å². The van der Waals surface area contributed by atoms with E-state index in [9.17, 15) is 18.9 Å². The highest BCUT2D eigenvalue weighted by Gasteiger charge is 2.44. The summed E-state index contributed by atoms with van der Waals surface area (Å²) >= 11 is 0. The first-order chi connectivity index (χ1) is 9.76. The number of carbonyl (C=O) groups is 3. The van der Waals surface area contributed by atoms with Gasteiger partial charge in [0.2, 0.25) is 0 Å². The largest absolute Gasteiger partial charge is 0.467 e. The smallest absolute Gasteiger partial charge is 0.329 e. The molecule has 0 radical (unpaired) electrons. The fourth-order valence-electron chi connectivity index (χ4n) is 2.31. The zero-order chi connectivity index (χ0) is 15.8. The maximum absolute atomic E-state index is 12.4. The van der Waals surface area contributed by atoms with Crippen LogP contribution in [0.5, 0.6) is 0 Å². The third-order valence-electron chi connectivity index (χ3n) is 3.22. The molecule has 1 aliphatic rings. The van der Waals surface area contributed by atoms with Crippen LogP contribution in [0.15, 0.2) is 24.3 Å². The maximum Gasteiger partial charge on any atom is 0.329 e. The van der Waals surface area contributed by atoms with Crippen molar-refractivity contribution in [2.45, 2.75) is 6.04 Å². The molecule has 112 valence electrons. The van der Waals surface area contributed by atoms with Crippen LogP contribution in [0, 0.1) is 0 Å². The summed E-state index contributed by atoms with van der Waals surface area (Å²) < 4.78 is 16.7. The number of hydrogen-bond donors (Lipinski definition) is 0. The SMILES string of the molecule is COC(=O)C(CP(C)(C)=O)N1C(=O)c2ccccc2C1=O. The van der Waals surface area contributed by atoms with E-state index < -0.39 is 31.0 Å². The number of ether oxygens (including phenoxy) is 1. The van der Waals surface area contributed by atoms with E-state index in [1.54, 1.807) is 12.1 Å². The van der Waals surface area contributed by atoms with E-state index in [0.29, 0.717) is 0 Å². The number of carbonyl (C=O) groups excluding carboxylic acids is 3. The molecule has 1 unspecified atom stereocenters. The molecule has 1 atom stereocenters. The van der Waals surface area contributed by atoms with Crippen molar-refractivity contribution >= 4 is 24.9 Å². The number of hydrogen-bond acceptors (Lipinski definition) is 5. The molecular weight excluding hydrogens is 293 g/mol. The lowest BCUT2D eigenvalue weighted by atomic mass is 10.1. The summed E-state index contributed by atoms with van der Waals surface area (Å²) in [4.78, 5) is 37.5. The van der Waals surface area contributed by atoms with Gasteiger partial charge in [0.05, 0.1) is 25.4 Å². The second-order valence-corrected chi connectivity index (χ2v) is 8.83. The Morgan fingerprint density at radius 2 is 1.67 bits per heavy atom. The minimum atomic E-state index is -2.64. The molecule has 2 amide bonds. The lowest BCUT2D eigenvalue weighted by molar-refractivity contribution is -0.144. The summed E-state index contributed by atoms with van der Waals surface area (Å²) in [7, 11) is -1.47. The van der Waals surface area contributed by atoms with Crippen LogP contribution in [-0.2, 0) is 14.1 Å². The van der Waals surface area contributed by atoms with Gasteiger partial charge >= 0.3 is 5.97 Å². The molecular formula is C14H16NO5P. The first-order valence-electron chi connectivity index (χ1n) is 6.35. The summed E-state index contributed by atoms with van der Waals surface area (Å²) in [5.41, 5.74) is 0.497. The molecule has 0 aliphatic carbocycles. The van der Waals surface area contributed by atoms with Crippen molar-refractivity contribution < 1.29 is 23.7 Å². The number of methoxy groups -OCH3 is 1. The van der Waals surface area contributed by atoms with Crippen molar-refractivity contribution in [2.75, 3.05) is 26.6 Å². The van der Waals surface area contributed by atoms with Gasteiger partial charge in [-0.1, -0.05) is 12.1 Å². The van der Waals surface area contributed by atoms with Crippen molar-refractivity contribution in [3.63, 3.8) is 0 Å². The molecule has 0 bridgehead atoms. The summed E-state index contributed by atoms with van der Waals surface area (Å²) in [5, 5.41) is 0. The van der Waals surface area contributed by atoms with Crippen molar-refractivity contribution in [1.29, 1.82) is 0 Å². The average molecular weight is 309 g/mol. The van der Waals surface area contributed by atoms with Gasteiger partial charge < -0.3 is 9.30 Å². The summed E-state index contributed by atoms with van der Waals surface area (Å²) in [6.07, 6.45) is -0.0921. The molecule has 21 heavy (non-hydrogen) atoms. The van der Waals surface area contributed by atoms with Crippen LogP contribution >= 0.6 is 7.14 Å². The fourth-order valence-corrected chi connectivity index (χ4v) is 3.45. The van der Waals surface area contributed by atoms with Crippen molar-refractivity contribution in [3.8, 4) is 0 Å². The Morgan fingerprint density at radius 3 is 2.05 bits per heavy atom. The van der Waals surface area contributed by atoms with Gasteiger partial charge in [-0.25, -0.2) is 4.79 Å². The normalized spacial score (nSPS) is 15.9. The Morgan fingerprint density at radius 1 is 1.19 bits per heavy atom. The van der Waals surface area contributed by atoms with Crippen LogP contribution in [0.1, 0.15) is 20.7 Å². The number of esters is 1. The highest BCUT2D eigenvalue weighted by Crippen LogP contribution is 2.39. The standard InChI is InChI=1S/C14H16NO5P/c1-20-14(18)11(8-21(2,3)19)15-12(16)9-6-4-5-7-10(9)13(15)17/h4-7,11H,8H2,1-3H3. The van der Waals surface area contributed by atoms with Gasteiger partial charge in [-0.3, -0.25) is 14.5 Å². The Balaban J connectivity index is 2.43. The van der Waals surface area contributed by atoms with Crippen LogP contribution in [0.3, 0.4) is 0 Å². The molecule has 1 aromatic carbocycles. The van der Waals surface area contributed by atoms with Crippen LogP contribution in [0.4, 0.5) is 0 Å². The van der Waals surface area contributed by atoms with E-state index >= 15 is 0 Å². The zero-order valence-corrected chi connectivity index (χ0v) is 12.9. The lowest BCUT2D eigenvalue weighted by Crippen LogP contribution is -2.47. The van der Waals surface area contributed by atoms with Gasteiger partial charge in [-0.2, -0.15) is 0 Å². The summed E-state index contributed by atoms with van der Waals surface area (Å²) in [6, 6.07) is 5.18. The van der Waals surface area contributed by atoms with Crippen LogP contribution in [0.25, 0.3) is 0 Å². The molecule has 0 N–H and O–H groups in total. The van der Waals surface area contributed by atoms with Gasteiger partial charge in [-0.15, -0.1) is 0 Å². The van der Waals surface area contributed by atoms with E-state index in [1.165, 1.54) is 32.6 Å². The number of imide groups is 1. The first kappa shape index (κ1) is 15.4. The molecule has 0 saturated heterocycles. The third kappa shape index (κ3) is 2.90. The van der Waals surface area contributed by atoms with E-state index in [4.69, 9.17) is 0 Å². The lowest BCUT2D eigenvalue weighted by Gasteiger charge is -2.25. The molecule has 0 saturated carbocycles. The van der Waals surface area contributed by atoms with E-state index in [-0.39, 0.29) is 17.3 Å². The first-order valence-corrected chi connectivity index (χ1v) is 9.13. The third-order valence-corrected chi connectivity index (χ3v) is 4.45. The molecule has 2 rings (SSSR count). The summed E-state index contributed by atoms with van der Waals surface area (Å²) in [6.45, 7) is 3.00. The number of fused-ring (bicyclic) bond motifs is 1. The quantitative estimate of drug-likeness (QED) is 0.478. The fraction of sp³-hybridized carbons (Fsp3) is 0.357. The minimum Gasteiger partial charge on any atom is -0.467 e. The molecule has 6 nitrogen and oxygen atoms in total. The second kappa shape index (κ2) is 5.45. The van der Waals surface area contributed by atoms with Crippen LogP contribution in [0.2, 0.25) is 0 Å². The number of amides is 2. The average Bonchev–Trinajstić information content (AvgIpc) is 2.67. The van der Waals surface area contributed by atoms with E-state index in [2.05, 4.69) is 4.74 Å². The molecule has 0 fully saturated rings. The van der Waals surface area contributed by atoms with Gasteiger partial charge in [-0.05, 0) is 25.5 Å². The highest BCUT2D eigenvalue weighted by atomic mass is 31.2. The molecule has 1 aliphatic heterocycles. The van der Waals surface area contributed by atoms with Crippen LogP contribution < -0.4 is 0 Å². The maximum atomic E-state index is 12.4. The predicted molar refractivity (Wildman–Crippen MR) is 77.1 cm³/mol. The molecule has 0 aromatic heterocycles. The van der Waals surface area contributed by atoms with Crippen molar-refractivity contribution in [3.05, 3.63) is 35.4 Å². The second-order valence-electron chi connectivity index (χ2n) is 5.32. The van der Waals surface area contributed by atoms with Crippen molar-refractivity contribution in [2.24, 2.45) is 0 Å². The van der Waals surface area contributed by atoms with Gasteiger partial charge in [0.25, 0.3) is 11.8 Å². The van der Waals surface area contributed by atoms with E-state index in [0.717, 1.165) is 4.90 Å². The Hall–Kier alpha value is -1.94. The zero-order valence-electron chi connectivity index (χ0n) is 12.0. The van der Waals surface area contributed by atoms with Gasteiger partial charge in [0.1, 0.15) is 6.04 Å². The molecule has 1 aromatic rings. The topological polar surface area (TPSA) is 80.8 Å². The van der Waals surface area contributed by atoms with Gasteiger partial charge in [0.15, 0.2) is 0 Å². The van der Waals surface area contributed by atoms with Gasteiger partial charge in [0, 0.05) is 6.16 Å². The number of benzene rings is 1. The minimum absolute atomic E-state index is 0.0921. The monoisotopic (exact) mass is 309 g/mol. The Bertz CT molecular complexity index is 628. The Labute approximate surface area is 122 Å². The molecule has 1 heterocycles. The molecule has 0 spiro atoms. The van der Waals surface area contributed by atoms with Crippen molar-refractivity contribution in [1.82, 2.24) is 4.90 Å². The molecule has 7 heteroatoms. The summed E-state index contributed by atoms with van der Waals surface area (Å²) in [5.74, 6) is -1.85. The number of rotatable bonds is 4.